The fourth-order valence-electron chi connectivity index (χ4n) is 2.75. The Bertz CT molecular complexity index is 761. The van der Waals surface area contributed by atoms with Crippen LogP contribution in [0, 0.1) is 15.5 Å². The molecule has 1 aliphatic heterocycles. The molecule has 1 heterocycles. The maximum atomic E-state index is 12.4. The third kappa shape index (κ3) is 4.55. The number of rotatable bonds is 8. The number of hydrogen-bond donors (Lipinski definition) is 3. The van der Waals surface area contributed by atoms with E-state index in [0.29, 0.717) is 26.1 Å². The van der Waals surface area contributed by atoms with E-state index >= 15 is 0 Å². The SMILES string of the molecule is NCC1(C(=O)NCCNS(=O)(=O)c2ccccc2[N+](=O)[O-])CCOCC1. The zero-order chi connectivity index (χ0) is 19.2. The van der Waals surface area contributed by atoms with Crippen molar-refractivity contribution in [1.29, 1.82) is 0 Å². The quantitative estimate of drug-likeness (QED) is 0.316. The van der Waals surface area contributed by atoms with Gasteiger partial charge in [-0.3, -0.25) is 14.9 Å². The number of nitrogens with two attached hydrogens (primary N) is 1. The Morgan fingerprint density at radius 2 is 1.92 bits per heavy atom. The molecule has 1 fully saturated rings. The molecular formula is C15H22N4O6S. The highest BCUT2D eigenvalue weighted by Crippen LogP contribution is 2.29. The van der Waals surface area contributed by atoms with Crippen molar-refractivity contribution in [1.82, 2.24) is 10.0 Å². The molecule has 2 rings (SSSR count). The number of sulfonamides is 1. The Hall–Kier alpha value is -2.08. The van der Waals surface area contributed by atoms with Crippen molar-refractivity contribution in [3.05, 3.63) is 34.4 Å². The van der Waals surface area contributed by atoms with E-state index in [-0.39, 0.29) is 25.5 Å². The van der Waals surface area contributed by atoms with Crippen molar-refractivity contribution >= 4 is 21.6 Å². The fraction of sp³-hybridized carbons (Fsp3) is 0.533. The molecule has 0 radical (unpaired) electrons. The van der Waals surface area contributed by atoms with Crippen molar-refractivity contribution in [3.8, 4) is 0 Å². The van der Waals surface area contributed by atoms with Crippen molar-refractivity contribution in [2.75, 3.05) is 32.8 Å². The van der Waals surface area contributed by atoms with E-state index < -0.39 is 30.9 Å². The second kappa shape index (κ2) is 8.54. The number of hydrogen-bond acceptors (Lipinski definition) is 7. The number of nitro benzene ring substituents is 1. The summed E-state index contributed by atoms with van der Waals surface area (Å²) < 4.78 is 32.0. The number of amides is 1. The van der Waals surface area contributed by atoms with Gasteiger partial charge in [0.25, 0.3) is 5.69 Å². The average molecular weight is 386 g/mol. The van der Waals surface area contributed by atoms with Gasteiger partial charge < -0.3 is 15.8 Å². The van der Waals surface area contributed by atoms with Gasteiger partial charge in [0.1, 0.15) is 0 Å². The summed E-state index contributed by atoms with van der Waals surface area (Å²) >= 11 is 0. The lowest BCUT2D eigenvalue weighted by Crippen LogP contribution is -2.50. The fourth-order valence-corrected chi connectivity index (χ4v) is 3.95. The molecule has 0 bridgehead atoms. The maximum Gasteiger partial charge on any atom is 0.289 e. The molecule has 1 aromatic rings. The minimum Gasteiger partial charge on any atom is -0.381 e. The predicted molar refractivity (Wildman–Crippen MR) is 92.8 cm³/mol. The van der Waals surface area contributed by atoms with Crippen LogP contribution in [-0.4, -0.2) is 52.1 Å². The van der Waals surface area contributed by atoms with Crippen molar-refractivity contribution < 1.29 is 22.9 Å². The molecular weight excluding hydrogens is 364 g/mol. The molecule has 0 aromatic heterocycles. The van der Waals surface area contributed by atoms with Crippen LogP contribution >= 0.6 is 0 Å². The number of carbonyl (C=O) groups is 1. The Morgan fingerprint density at radius 3 is 2.54 bits per heavy atom. The molecule has 1 amide bonds. The molecule has 26 heavy (non-hydrogen) atoms. The molecule has 1 saturated heterocycles. The number of benzene rings is 1. The van der Waals surface area contributed by atoms with Crippen LogP contribution in [0.4, 0.5) is 5.69 Å². The molecule has 0 unspecified atom stereocenters. The molecule has 0 saturated carbocycles. The van der Waals surface area contributed by atoms with Crippen LogP contribution < -0.4 is 15.8 Å². The highest BCUT2D eigenvalue weighted by Gasteiger charge is 2.38. The number of nitrogens with zero attached hydrogens (tertiary/aromatic N) is 1. The molecule has 10 nitrogen and oxygen atoms in total. The summed E-state index contributed by atoms with van der Waals surface area (Å²) in [6, 6.07) is 5.06. The number of para-hydroxylation sites is 1. The number of nitrogens with one attached hydrogen (secondary N) is 2. The highest BCUT2D eigenvalue weighted by atomic mass is 32.2. The Kier molecular flexibility index (Phi) is 6.64. The zero-order valence-electron chi connectivity index (χ0n) is 14.1. The summed E-state index contributed by atoms with van der Waals surface area (Å²) in [5.74, 6) is -0.242. The third-order valence-electron chi connectivity index (χ3n) is 4.38. The monoisotopic (exact) mass is 386 g/mol. The standard InChI is InChI=1S/C15H22N4O6S/c16-11-15(5-9-25-10-6-15)14(20)17-7-8-18-26(23,24)13-4-2-1-3-12(13)19(21)22/h1-4,18H,5-11,16H2,(H,17,20). The van der Waals surface area contributed by atoms with Crippen LogP contribution in [0.5, 0.6) is 0 Å². The van der Waals surface area contributed by atoms with E-state index in [1.165, 1.54) is 12.1 Å². The normalized spacial score (nSPS) is 16.8. The first-order chi connectivity index (χ1) is 12.3. The second-order valence-corrected chi connectivity index (χ2v) is 7.71. The number of ether oxygens (including phenoxy) is 1. The Morgan fingerprint density at radius 1 is 1.27 bits per heavy atom. The Labute approximate surface area is 151 Å². The summed E-state index contributed by atoms with van der Waals surface area (Å²) in [6.45, 7) is 1.03. The van der Waals surface area contributed by atoms with Crippen LogP contribution in [0.15, 0.2) is 29.2 Å². The van der Waals surface area contributed by atoms with Crippen LogP contribution in [0.25, 0.3) is 0 Å². The van der Waals surface area contributed by atoms with Crippen molar-refractivity contribution in [3.63, 3.8) is 0 Å². The first-order valence-corrected chi connectivity index (χ1v) is 9.60. The predicted octanol–water partition coefficient (Wildman–Crippen LogP) is -0.255. The van der Waals surface area contributed by atoms with Crippen molar-refractivity contribution in [2.45, 2.75) is 17.7 Å². The number of nitro groups is 1. The summed E-state index contributed by atoms with van der Waals surface area (Å²) in [7, 11) is -4.07. The van der Waals surface area contributed by atoms with E-state index in [1.54, 1.807) is 0 Å². The first-order valence-electron chi connectivity index (χ1n) is 8.12. The molecule has 1 aromatic carbocycles. The summed E-state index contributed by atoms with van der Waals surface area (Å²) in [5.41, 5.74) is 4.54. The minimum atomic E-state index is -4.07. The largest absolute Gasteiger partial charge is 0.381 e. The summed E-state index contributed by atoms with van der Waals surface area (Å²) in [5, 5.41) is 13.6. The van der Waals surface area contributed by atoms with Gasteiger partial charge in [0.15, 0.2) is 4.90 Å². The van der Waals surface area contributed by atoms with Gasteiger partial charge in [0, 0.05) is 38.9 Å². The zero-order valence-corrected chi connectivity index (χ0v) is 15.0. The van der Waals surface area contributed by atoms with Gasteiger partial charge in [-0.25, -0.2) is 13.1 Å². The number of carbonyl (C=O) groups excluding carboxylic acids is 1. The molecule has 0 spiro atoms. The van der Waals surface area contributed by atoms with Crippen LogP contribution in [0.3, 0.4) is 0 Å². The lowest BCUT2D eigenvalue weighted by molar-refractivity contribution is -0.387. The van der Waals surface area contributed by atoms with Gasteiger partial charge in [0.2, 0.25) is 15.9 Å². The smallest absolute Gasteiger partial charge is 0.289 e. The average Bonchev–Trinajstić information content (AvgIpc) is 2.65. The minimum absolute atomic E-state index is 0.0430. The highest BCUT2D eigenvalue weighted by molar-refractivity contribution is 7.89. The maximum absolute atomic E-state index is 12.4. The lowest BCUT2D eigenvalue weighted by atomic mass is 9.79. The van der Waals surface area contributed by atoms with Gasteiger partial charge >= 0.3 is 0 Å². The topological polar surface area (TPSA) is 154 Å². The molecule has 144 valence electrons. The van der Waals surface area contributed by atoms with Crippen LogP contribution in [-0.2, 0) is 19.6 Å². The Balaban J connectivity index is 1.93. The van der Waals surface area contributed by atoms with E-state index in [9.17, 15) is 23.3 Å². The van der Waals surface area contributed by atoms with Crippen molar-refractivity contribution in [2.24, 2.45) is 11.1 Å². The molecule has 11 heteroatoms. The van der Waals surface area contributed by atoms with E-state index in [1.807, 2.05) is 0 Å². The van der Waals surface area contributed by atoms with E-state index in [2.05, 4.69) is 10.0 Å². The summed E-state index contributed by atoms with van der Waals surface area (Å²) in [4.78, 5) is 22.2. The van der Waals surface area contributed by atoms with E-state index in [4.69, 9.17) is 10.5 Å². The van der Waals surface area contributed by atoms with Gasteiger partial charge in [-0.05, 0) is 18.9 Å². The van der Waals surface area contributed by atoms with Gasteiger partial charge in [-0.2, -0.15) is 0 Å². The second-order valence-electron chi connectivity index (χ2n) is 5.98. The summed E-state index contributed by atoms with van der Waals surface area (Å²) in [6.07, 6.45) is 1.02. The molecule has 0 atom stereocenters. The van der Waals surface area contributed by atoms with Gasteiger partial charge in [-0.1, -0.05) is 12.1 Å². The third-order valence-corrected chi connectivity index (χ3v) is 5.88. The van der Waals surface area contributed by atoms with Gasteiger partial charge in [0.05, 0.1) is 10.3 Å². The van der Waals surface area contributed by atoms with Crippen LogP contribution in [0.1, 0.15) is 12.8 Å². The molecule has 1 aliphatic rings. The molecule has 4 N–H and O–H groups in total. The lowest BCUT2D eigenvalue weighted by Gasteiger charge is -2.34. The van der Waals surface area contributed by atoms with E-state index in [0.717, 1.165) is 12.1 Å². The van der Waals surface area contributed by atoms with Crippen LogP contribution in [0.2, 0.25) is 0 Å². The first kappa shape index (κ1) is 20.2. The molecule has 0 aliphatic carbocycles. The van der Waals surface area contributed by atoms with Gasteiger partial charge in [-0.15, -0.1) is 0 Å².